The maximum Gasteiger partial charge on any atom is 0.252 e. The summed E-state index contributed by atoms with van der Waals surface area (Å²) in [6.07, 6.45) is 3.40. The van der Waals surface area contributed by atoms with Gasteiger partial charge in [0.2, 0.25) is 11.6 Å². The number of hydrogen-bond acceptors (Lipinski definition) is 7. The molecular formula is C24H26N4O3. The highest BCUT2D eigenvalue weighted by atomic mass is 16.5. The van der Waals surface area contributed by atoms with Crippen LogP contribution in [-0.4, -0.2) is 18.3 Å². The van der Waals surface area contributed by atoms with E-state index in [4.69, 9.17) is 13.9 Å². The molecule has 0 amide bonds. The summed E-state index contributed by atoms with van der Waals surface area (Å²) in [5, 5.41) is 13.5. The molecule has 0 saturated heterocycles. The second-order valence-corrected chi connectivity index (χ2v) is 6.91. The standard InChI is InChI=1S/C24H26N4O3/c1-4-19(5-2)23-27-20(14-25)24(31-23)28-26-15-18-11-12-21(22(13-18)29-3)30-16-17-9-7-6-8-10-17/h6-13,15,19,28H,4-5,16H2,1-3H3/b26-15+. The number of nitriles is 1. The van der Waals surface area contributed by atoms with Crippen molar-refractivity contribution in [2.24, 2.45) is 5.10 Å². The lowest BCUT2D eigenvalue weighted by Gasteiger charge is -2.11. The summed E-state index contributed by atoms with van der Waals surface area (Å²) in [7, 11) is 1.59. The molecule has 0 unspecified atom stereocenters. The maximum atomic E-state index is 9.31. The van der Waals surface area contributed by atoms with Gasteiger partial charge < -0.3 is 13.9 Å². The van der Waals surface area contributed by atoms with Gasteiger partial charge in [-0.1, -0.05) is 44.2 Å². The van der Waals surface area contributed by atoms with Crippen molar-refractivity contribution >= 4 is 12.1 Å². The Morgan fingerprint density at radius 1 is 1.16 bits per heavy atom. The highest BCUT2D eigenvalue weighted by Gasteiger charge is 2.18. The number of anilines is 1. The van der Waals surface area contributed by atoms with Crippen molar-refractivity contribution in [3.63, 3.8) is 0 Å². The van der Waals surface area contributed by atoms with Gasteiger partial charge in [0.05, 0.1) is 13.3 Å². The lowest BCUT2D eigenvalue weighted by Crippen LogP contribution is -1.98. The predicted octanol–water partition coefficient (Wildman–Crippen LogP) is 5.48. The van der Waals surface area contributed by atoms with Crippen LogP contribution in [0.3, 0.4) is 0 Å². The van der Waals surface area contributed by atoms with Crippen LogP contribution < -0.4 is 14.9 Å². The van der Waals surface area contributed by atoms with Gasteiger partial charge in [-0.25, -0.2) is 10.4 Å². The first-order chi connectivity index (χ1) is 15.2. The van der Waals surface area contributed by atoms with Crippen molar-refractivity contribution in [2.75, 3.05) is 12.5 Å². The van der Waals surface area contributed by atoms with E-state index in [0.29, 0.717) is 24.0 Å². The second-order valence-electron chi connectivity index (χ2n) is 6.91. The maximum absolute atomic E-state index is 9.31. The molecule has 7 nitrogen and oxygen atoms in total. The molecule has 0 radical (unpaired) electrons. The highest BCUT2D eigenvalue weighted by molar-refractivity contribution is 5.81. The molecule has 31 heavy (non-hydrogen) atoms. The number of oxazole rings is 1. The van der Waals surface area contributed by atoms with Crippen molar-refractivity contribution in [3.8, 4) is 17.6 Å². The van der Waals surface area contributed by atoms with E-state index in [1.165, 1.54) is 0 Å². The van der Waals surface area contributed by atoms with Crippen LogP contribution in [0.1, 0.15) is 55.3 Å². The summed E-state index contributed by atoms with van der Waals surface area (Å²) >= 11 is 0. The molecular weight excluding hydrogens is 392 g/mol. The van der Waals surface area contributed by atoms with E-state index in [1.54, 1.807) is 13.3 Å². The van der Waals surface area contributed by atoms with Crippen LogP contribution in [0, 0.1) is 11.3 Å². The first-order valence-corrected chi connectivity index (χ1v) is 10.2. The summed E-state index contributed by atoms with van der Waals surface area (Å²) in [5.74, 6) is 2.23. The van der Waals surface area contributed by atoms with E-state index in [9.17, 15) is 5.26 Å². The fourth-order valence-corrected chi connectivity index (χ4v) is 3.09. The molecule has 0 saturated carbocycles. The minimum Gasteiger partial charge on any atom is -0.493 e. The van der Waals surface area contributed by atoms with Crippen LogP contribution in [0.5, 0.6) is 11.5 Å². The minimum absolute atomic E-state index is 0.180. The van der Waals surface area contributed by atoms with Gasteiger partial charge >= 0.3 is 0 Å². The number of ether oxygens (including phenoxy) is 2. The smallest absolute Gasteiger partial charge is 0.252 e. The summed E-state index contributed by atoms with van der Waals surface area (Å²) < 4.78 is 17.0. The average molecular weight is 418 g/mol. The molecule has 2 aromatic carbocycles. The van der Waals surface area contributed by atoms with E-state index in [-0.39, 0.29) is 17.5 Å². The van der Waals surface area contributed by atoms with Gasteiger partial charge in [0, 0.05) is 5.92 Å². The van der Waals surface area contributed by atoms with Gasteiger partial charge in [-0.2, -0.15) is 10.4 Å². The van der Waals surface area contributed by atoms with E-state index in [2.05, 4.69) is 29.4 Å². The highest BCUT2D eigenvalue weighted by Crippen LogP contribution is 2.29. The van der Waals surface area contributed by atoms with E-state index in [1.807, 2.05) is 54.6 Å². The zero-order valence-corrected chi connectivity index (χ0v) is 18.0. The Labute approximate surface area is 182 Å². The summed E-state index contributed by atoms with van der Waals surface area (Å²) in [4.78, 5) is 4.28. The third kappa shape index (κ3) is 5.64. The Hall–Kier alpha value is -3.79. The topological polar surface area (TPSA) is 92.7 Å². The monoisotopic (exact) mass is 418 g/mol. The number of rotatable bonds is 10. The van der Waals surface area contributed by atoms with Crippen molar-refractivity contribution in [1.29, 1.82) is 5.26 Å². The third-order valence-corrected chi connectivity index (χ3v) is 4.89. The zero-order chi connectivity index (χ0) is 22.1. The molecule has 1 aromatic heterocycles. The predicted molar refractivity (Wildman–Crippen MR) is 120 cm³/mol. The summed E-state index contributed by atoms with van der Waals surface area (Å²) in [5.41, 5.74) is 4.85. The molecule has 7 heteroatoms. The molecule has 0 bridgehead atoms. The van der Waals surface area contributed by atoms with Gasteiger partial charge in [-0.3, -0.25) is 0 Å². The molecule has 1 heterocycles. The van der Waals surface area contributed by atoms with Gasteiger partial charge in [-0.05, 0) is 42.2 Å². The quantitative estimate of drug-likeness (QED) is 0.346. The van der Waals surface area contributed by atoms with Crippen molar-refractivity contribution in [2.45, 2.75) is 39.2 Å². The van der Waals surface area contributed by atoms with Crippen LogP contribution in [0.15, 0.2) is 58.0 Å². The first kappa shape index (κ1) is 21.9. The summed E-state index contributed by atoms with van der Waals surface area (Å²) in [6.45, 7) is 4.58. The van der Waals surface area contributed by atoms with E-state index >= 15 is 0 Å². The normalized spacial score (nSPS) is 10.9. The van der Waals surface area contributed by atoms with Crippen LogP contribution in [0.2, 0.25) is 0 Å². The van der Waals surface area contributed by atoms with Crippen molar-refractivity contribution in [1.82, 2.24) is 4.98 Å². The fraction of sp³-hybridized carbons (Fsp3) is 0.292. The van der Waals surface area contributed by atoms with Crippen LogP contribution in [0.4, 0.5) is 5.88 Å². The number of aromatic nitrogens is 1. The van der Waals surface area contributed by atoms with E-state index < -0.39 is 0 Å². The number of hydrogen-bond donors (Lipinski definition) is 1. The molecule has 0 atom stereocenters. The molecule has 0 spiro atoms. The van der Waals surface area contributed by atoms with Gasteiger partial charge in [0.1, 0.15) is 12.7 Å². The number of benzene rings is 2. The Morgan fingerprint density at radius 3 is 2.61 bits per heavy atom. The van der Waals surface area contributed by atoms with Crippen LogP contribution in [0.25, 0.3) is 0 Å². The molecule has 3 aromatic rings. The second kappa shape index (κ2) is 10.8. The Morgan fingerprint density at radius 2 is 1.94 bits per heavy atom. The van der Waals surface area contributed by atoms with Crippen LogP contribution in [-0.2, 0) is 6.61 Å². The third-order valence-electron chi connectivity index (χ3n) is 4.89. The molecule has 0 fully saturated rings. The van der Waals surface area contributed by atoms with Crippen molar-refractivity contribution in [3.05, 3.63) is 71.2 Å². The number of hydrazone groups is 1. The Balaban J connectivity index is 1.68. The number of nitrogens with zero attached hydrogens (tertiary/aromatic N) is 3. The van der Waals surface area contributed by atoms with Crippen molar-refractivity contribution < 1.29 is 13.9 Å². The van der Waals surface area contributed by atoms with Gasteiger partial charge in [0.15, 0.2) is 11.5 Å². The first-order valence-electron chi connectivity index (χ1n) is 10.2. The minimum atomic E-state index is 0.180. The summed E-state index contributed by atoms with van der Waals surface area (Å²) in [6, 6.07) is 17.5. The molecule has 0 aliphatic carbocycles. The molecule has 0 aliphatic rings. The Kier molecular flexibility index (Phi) is 7.66. The Bertz CT molecular complexity index is 1050. The lowest BCUT2D eigenvalue weighted by atomic mass is 10.0. The zero-order valence-electron chi connectivity index (χ0n) is 18.0. The SMILES string of the molecule is CCC(CC)c1nc(C#N)c(N/N=C/c2ccc(OCc3ccccc3)c(OC)c2)o1. The number of methoxy groups -OCH3 is 1. The van der Waals surface area contributed by atoms with E-state index in [0.717, 1.165) is 24.0 Å². The number of nitrogens with one attached hydrogen (secondary N) is 1. The van der Waals surface area contributed by atoms with Crippen LogP contribution >= 0.6 is 0 Å². The largest absolute Gasteiger partial charge is 0.493 e. The molecule has 0 aliphatic heterocycles. The average Bonchev–Trinajstić information content (AvgIpc) is 3.22. The van der Waals surface area contributed by atoms with Gasteiger partial charge in [0.25, 0.3) is 5.88 Å². The molecule has 1 N–H and O–H groups in total. The molecule has 3 rings (SSSR count). The lowest BCUT2D eigenvalue weighted by molar-refractivity contribution is 0.284. The molecule has 160 valence electrons. The van der Waals surface area contributed by atoms with Gasteiger partial charge in [-0.15, -0.1) is 0 Å². The fourth-order valence-electron chi connectivity index (χ4n) is 3.09.